The number of aromatic nitrogens is 5. The first-order chi connectivity index (χ1) is 25.9. The van der Waals surface area contributed by atoms with E-state index in [2.05, 4.69) is 26.3 Å². The number of carbonyl (C=O) groups excluding carboxylic acids is 4. The highest BCUT2D eigenvalue weighted by atomic mass is 35.5. The molecule has 17 heteroatoms. The standard InChI is InChI=1S/C37H39ClN10O6/c1-37(13-10-28(49)43-35(37)53)31-23-6-5-7-25(30(23)47(4)45-31)42-33(51)20-11-14-48(15-12-20)36-40-18-24(38)32(44-36)41-22-8-9-26-21(16-22)17-27(34(52)46(26)3)54-19-29(50)39-2/h5-9,16-18,20H,10-15,19H2,1-4H3,(H,39,50)(H,42,51)(H,40,41,44)(H,43,49,53)/t37-/m1/s1. The number of pyridine rings is 1. The quantitative estimate of drug-likeness (QED) is 0.161. The number of halogens is 1. The van der Waals surface area contributed by atoms with E-state index in [9.17, 15) is 24.0 Å². The van der Waals surface area contributed by atoms with Gasteiger partial charge in [-0.25, -0.2) is 4.98 Å². The summed E-state index contributed by atoms with van der Waals surface area (Å²) in [6.45, 7) is 2.58. The number of ether oxygens (including phenoxy) is 1. The van der Waals surface area contributed by atoms with Crippen molar-refractivity contribution in [1.29, 1.82) is 0 Å². The lowest BCUT2D eigenvalue weighted by Gasteiger charge is -2.31. The van der Waals surface area contributed by atoms with Gasteiger partial charge >= 0.3 is 0 Å². The molecule has 0 aliphatic carbocycles. The molecule has 7 rings (SSSR count). The number of hydrogen-bond donors (Lipinski definition) is 4. The van der Waals surface area contributed by atoms with Gasteiger partial charge in [0, 0.05) is 63.0 Å². The zero-order chi connectivity index (χ0) is 38.3. The molecule has 1 atom stereocenters. The molecule has 5 heterocycles. The SMILES string of the molecule is CNC(=O)COc1cc2cc(Nc3nc(N4CCC(C(=O)Nc5cccc6c([C@@]7(C)CCC(=O)NC7=O)nn(C)c56)CC4)ncc3Cl)ccc2n(C)c1=O. The van der Waals surface area contributed by atoms with Gasteiger partial charge < -0.3 is 30.2 Å². The predicted molar refractivity (Wildman–Crippen MR) is 203 cm³/mol. The number of hydrogen-bond acceptors (Lipinski definition) is 11. The molecule has 3 aromatic heterocycles. The Bertz CT molecular complexity index is 2400. The molecule has 2 aromatic carbocycles. The molecule has 2 fully saturated rings. The van der Waals surface area contributed by atoms with Gasteiger partial charge in [0.2, 0.25) is 23.7 Å². The van der Waals surface area contributed by atoms with Gasteiger partial charge in [0.25, 0.3) is 11.5 Å². The van der Waals surface area contributed by atoms with Crippen molar-refractivity contribution in [3.05, 3.63) is 69.7 Å². The second kappa shape index (κ2) is 14.4. The average molecular weight is 755 g/mol. The highest BCUT2D eigenvalue weighted by Crippen LogP contribution is 2.38. The van der Waals surface area contributed by atoms with E-state index in [1.165, 1.54) is 17.8 Å². The summed E-state index contributed by atoms with van der Waals surface area (Å²) < 4.78 is 8.61. The molecular weight excluding hydrogens is 716 g/mol. The first-order valence-corrected chi connectivity index (χ1v) is 17.9. The first-order valence-electron chi connectivity index (χ1n) is 17.5. The highest BCUT2D eigenvalue weighted by molar-refractivity contribution is 6.33. The van der Waals surface area contributed by atoms with Gasteiger partial charge in [0.05, 0.1) is 34.0 Å². The molecule has 2 aliphatic heterocycles. The van der Waals surface area contributed by atoms with Crippen LogP contribution in [0.2, 0.25) is 5.02 Å². The molecule has 0 bridgehead atoms. The van der Waals surface area contributed by atoms with E-state index in [-0.39, 0.29) is 53.9 Å². The monoisotopic (exact) mass is 754 g/mol. The van der Waals surface area contributed by atoms with E-state index in [1.807, 2.05) is 29.2 Å². The number of rotatable bonds is 9. The third-order valence-corrected chi connectivity index (χ3v) is 10.5. The highest BCUT2D eigenvalue weighted by Gasteiger charge is 2.43. The van der Waals surface area contributed by atoms with E-state index in [0.717, 1.165) is 5.39 Å². The van der Waals surface area contributed by atoms with Crippen LogP contribution in [0.1, 0.15) is 38.3 Å². The molecule has 2 saturated heterocycles. The Morgan fingerprint density at radius 1 is 1.09 bits per heavy atom. The number of imide groups is 1. The lowest BCUT2D eigenvalue weighted by atomic mass is 9.77. The number of nitrogens with zero attached hydrogens (tertiary/aromatic N) is 6. The summed E-state index contributed by atoms with van der Waals surface area (Å²) >= 11 is 6.52. The van der Waals surface area contributed by atoms with Crippen LogP contribution in [0, 0.1) is 5.92 Å². The van der Waals surface area contributed by atoms with Crippen molar-refractivity contribution in [3.63, 3.8) is 0 Å². The minimum Gasteiger partial charge on any atom is -0.478 e. The fraction of sp³-hybridized carbons (Fsp3) is 0.351. The molecule has 5 aromatic rings. The van der Waals surface area contributed by atoms with E-state index >= 15 is 0 Å². The molecule has 0 radical (unpaired) electrons. The van der Waals surface area contributed by atoms with Gasteiger partial charge in [-0.05, 0) is 56.5 Å². The number of aryl methyl sites for hydroxylation is 2. The lowest BCUT2D eigenvalue weighted by molar-refractivity contribution is -0.137. The minimum atomic E-state index is -0.979. The number of benzene rings is 2. The predicted octanol–water partition coefficient (Wildman–Crippen LogP) is 3.29. The van der Waals surface area contributed by atoms with Crippen LogP contribution in [-0.4, -0.2) is 74.7 Å². The van der Waals surface area contributed by atoms with Crippen LogP contribution < -0.4 is 36.5 Å². The third kappa shape index (κ3) is 6.79. The van der Waals surface area contributed by atoms with Crippen LogP contribution in [0.4, 0.5) is 23.1 Å². The molecule has 54 heavy (non-hydrogen) atoms. The summed E-state index contributed by atoms with van der Waals surface area (Å²) in [5.74, 6) is -0.515. The summed E-state index contributed by atoms with van der Waals surface area (Å²) in [6.07, 6.45) is 3.22. The van der Waals surface area contributed by atoms with Gasteiger partial charge in [-0.15, -0.1) is 0 Å². The summed E-state index contributed by atoms with van der Waals surface area (Å²) in [4.78, 5) is 74.0. The molecule has 280 valence electrons. The minimum absolute atomic E-state index is 0.0487. The zero-order valence-corrected chi connectivity index (χ0v) is 30.9. The summed E-state index contributed by atoms with van der Waals surface area (Å²) in [5, 5.41) is 17.7. The van der Waals surface area contributed by atoms with Crippen molar-refractivity contribution in [2.75, 3.05) is 42.3 Å². The first kappa shape index (κ1) is 36.3. The number of nitrogens with one attached hydrogen (secondary N) is 4. The van der Waals surface area contributed by atoms with Crippen LogP contribution in [0.5, 0.6) is 5.75 Å². The average Bonchev–Trinajstić information content (AvgIpc) is 3.52. The Hall–Kier alpha value is -6.03. The molecule has 0 saturated carbocycles. The van der Waals surface area contributed by atoms with E-state index < -0.39 is 5.41 Å². The second-order valence-corrected chi connectivity index (χ2v) is 14.1. The van der Waals surface area contributed by atoms with Crippen molar-refractivity contribution in [2.24, 2.45) is 20.0 Å². The van der Waals surface area contributed by atoms with Crippen molar-refractivity contribution in [3.8, 4) is 5.75 Å². The van der Waals surface area contributed by atoms with Crippen LogP contribution >= 0.6 is 11.6 Å². The maximum Gasteiger partial charge on any atom is 0.293 e. The normalized spacial score (nSPS) is 17.8. The van der Waals surface area contributed by atoms with Gasteiger partial charge in [0.1, 0.15) is 5.02 Å². The number of likely N-dealkylation sites (N-methyl/N-ethyl adjacent to an activating group) is 1. The number of piperidine rings is 2. The van der Waals surface area contributed by atoms with Crippen LogP contribution in [0.15, 0.2) is 53.5 Å². The van der Waals surface area contributed by atoms with Gasteiger partial charge in [-0.2, -0.15) is 10.1 Å². The smallest absolute Gasteiger partial charge is 0.293 e. The van der Waals surface area contributed by atoms with Crippen LogP contribution in [0.25, 0.3) is 21.8 Å². The van der Waals surface area contributed by atoms with Crippen molar-refractivity contribution in [1.82, 2.24) is 34.9 Å². The molecule has 2 aliphatic rings. The Morgan fingerprint density at radius 2 is 1.87 bits per heavy atom. The maximum atomic E-state index is 13.6. The van der Waals surface area contributed by atoms with E-state index in [4.69, 9.17) is 26.4 Å². The topological polar surface area (TPSA) is 194 Å². The summed E-state index contributed by atoms with van der Waals surface area (Å²) in [5.41, 5.74) is 1.84. The Kier molecular flexibility index (Phi) is 9.70. The second-order valence-electron chi connectivity index (χ2n) is 13.7. The largest absolute Gasteiger partial charge is 0.478 e. The van der Waals surface area contributed by atoms with Crippen molar-refractivity contribution < 1.29 is 23.9 Å². The molecule has 0 spiro atoms. The molecule has 0 unspecified atom stereocenters. The Morgan fingerprint density at radius 3 is 2.61 bits per heavy atom. The van der Waals surface area contributed by atoms with Gasteiger partial charge in [0.15, 0.2) is 18.2 Å². The third-order valence-electron chi connectivity index (χ3n) is 10.2. The summed E-state index contributed by atoms with van der Waals surface area (Å²) in [6, 6.07) is 12.5. The fourth-order valence-electron chi connectivity index (χ4n) is 7.04. The van der Waals surface area contributed by atoms with Crippen molar-refractivity contribution in [2.45, 2.75) is 38.0 Å². The molecular formula is C37H39ClN10O6. The number of fused-ring (bicyclic) bond motifs is 2. The van der Waals surface area contributed by atoms with Gasteiger partial charge in [-0.3, -0.25) is 34.0 Å². The lowest BCUT2D eigenvalue weighted by Crippen LogP contribution is -2.50. The van der Waals surface area contributed by atoms with Crippen LogP contribution in [-0.2, 0) is 38.7 Å². The van der Waals surface area contributed by atoms with Crippen molar-refractivity contribution >= 4 is 80.2 Å². The van der Waals surface area contributed by atoms with Gasteiger partial charge in [-0.1, -0.05) is 23.7 Å². The number of anilines is 4. The Balaban J connectivity index is 1.03. The molecule has 16 nitrogen and oxygen atoms in total. The summed E-state index contributed by atoms with van der Waals surface area (Å²) in [7, 11) is 4.90. The molecule has 4 amide bonds. The maximum absolute atomic E-state index is 13.6. The number of amides is 4. The number of carbonyl (C=O) groups is 4. The zero-order valence-electron chi connectivity index (χ0n) is 30.2. The number of para-hydroxylation sites is 1. The Labute approximate surface area is 314 Å². The van der Waals surface area contributed by atoms with Crippen LogP contribution in [0.3, 0.4) is 0 Å². The van der Waals surface area contributed by atoms with E-state index in [0.29, 0.717) is 82.6 Å². The molecule has 4 N–H and O–H groups in total. The fourth-order valence-corrected chi connectivity index (χ4v) is 7.17. The van der Waals surface area contributed by atoms with E-state index in [1.54, 1.807) is 43.9 Å².